The van der Waals surface area contributed by atoms with Crippen LogP contribution in [0.1, 0.15) is 5.56 Å². The van der Waals surface area contributed by atoms with E-state index in [1.807, 2.05) is 78.9 Å². The molecule has 2 N–H and O–H groups in total. The molecule has 0 unspecified atom stereocenters. The molecule has 0 aliphatic heterocycles. The zero-order valence-corrected chi connectivity index (χ0v) is 16.3. The van der Waals surface area contributed by atoms with Gasteiger partial charge in [-0.05, 0) is 34.9 Å². The number of nitrogens with two attached hydrogens (primary N) is 1. The molecule has 0 atom stereocenters. The van der Waals surface area contributed by atoms with Gasteiger partial charge in [-0.25, -0.2) is 0 Å². The van der Waals surface area contributed by atoms with Crippen molar-refractivity contribution < 1.29 is 9.47 Å². The molecule has 0 aromatic heterocycles. The van der Waals surface area contributed by atoms with Crippen molar-refractivity contribution in [1.29, 1.82) is 0 Å². The lowest BCUT2D eigenvalue weighted by molar-refractivity contribution is 0.305. The van der Waals surface area contributed by atoms with E-state index in [1.54, 1.807) is 7.11 Å². The van der Waals surface area contributed by atoms with Gasteiger partial charge in [-0.3, -0.25) is 0 Å². The topological polar surface area (TPSA) is 44.5 Å². The molecule has 29 heavy (non-hydrogen) atoms. The molecule has 0 fully saturated rings. The van der Waals surface area contributed by atoms with E-state index in [0.717, 1.165) is 39.3 Å². The Hall–Kier alpha value is -3.72. The van der Waals surface area contributed by atoms with Crippen molar-refractivity contribution in [1.82, 2.24) is 0 Å². The summed E-state index contributed by atoms with van der Waals surface area (Å²) in [6, 6.07) is 32.2. The summed E-state index contributed by atoms with van der Waals surface area (Å²) in [6.07, 6.45) is 0. The second kappa shape index (κ2) is 8.53. The number of benzene rings is 4. The van der Waals surface area contributed by atoms with Gasteiger partial charge in [0.1, 0.15) is 18.1 Å². The molecule has 4 rings (SSSR count). The number of nitrogen functional groups attached to an aromatic ring is 1. The third kappa shape index (κ3) is 4.09. The van der Waals surface area contributed by atoms with Crippen LogP contribution in [0.15, 0.2) is 97.1 Å². The highest BCUT2D eigenvalue weighted by Crippen LogP contribution is 2.42. The van der Waals surface area contributed by atoms with Crippen LogP contribution >= 0.6 is 0 Å². The molecule has 4 aromatic rings. The predicted molar refractivity (Wildman–Crippen MR) is 119 cm³/mol. The van der Waals surface area contributed by atoms with Crippen molar-refractivity contribution in [3.05, 3.63) is 103 Å². The van der Waals surface area contributed by atoms with Crippen LogP contribution in [-0.4, -0.2) is 7.11 Å². The summed E-state index contributed by atoms with van der Waals surface area (Å²) >= 11 is 0. The summed E-state index contributed by atoms with van der Waals surface area (Å²) in [5, 5.41) is 0. The van der Waals surface area contributed by atoms with E-state index in [0.29, 0.717) is 12.3 Å². The van der Waals surface area contributed by atoms with Crippen molar-refractivity contribution in [3.63, 3.8) is 0 Å². The van der Waals surface area contributed by atoms with Gasteiger partial charge >= 0.3 is 0 Å². The largest absolute Gasteiger partial charge is 0.497 e. The van der Waals surface area contributed by atoms with E-state index in [-0.39, 0.29) is 0 Å². The quantitative estimate of drug-likeness (QED) is 0.405. The Bertz CT molecular complexity index is 1090. The highest BCUT2D eigenvalue weighted by atomic mass is 16.5. The Morgan fingerprint density at radius 2 is 1.45 bits per heavy atom. The number of ether oxygens (including phenoxy) is 2. The van der Waals surface area contributed by atoms with Crippen molar-refractivity contribution in [2.45, 2.75) is 6.61 Å². The van der Waals surface area contributed by atoms with E-state index in [2.05, 4.69) is 18.2 Å². The second-order valence-corrected chi connectivity index (χ2v) is 6.77. The highest BCUT2D eigenvalue weighted by Gasteiger charge is 2.16. The van der Waals surface area contributed by atoms with Gasteiger partial charge in [0, 0.05) is 22.9 Å². The first kappa shape index (κ1) is 18.6. The molecule has 0 bridgehead atoms. The van der Waals surface area contributed by atoms with Gasteiger partial charge in [-0.1, -0.05) is 72.8 Å². The van der Waals surface area contributed by atoms with E-state index in [4.69, 9.17) is 15.2 Å². The number of anilines is 1. The fourth-order valence-corrected chi connectivity index (χ4v) is 3.42. The maximum Gasteiger partial charge on any atom is 0.131 e. The first-order valence-electron chi connectivity index (χ1n) is 9.55. The van der Waals surface area contributed by atoms with Crippen LogP contribution in [0.25, 0.3) is 22.3 Å². The summed E-state index contributed by atoms with van der Waals surface area (Å²) in [5.74, 6) is 1.48. The van der Waals surface area contributed by atoms with Crippen LogP contribution in [0, 0.1) is 0 Å². The minimum Gasteiger partial charge on any atom is -0.497 e. The molecule has 0 saturated heterocycles. The first-order valence-corrected chi connectivity index (χ1v) is 9.55. The minimum atomic E-state index is 0.467. The van der Waals surface area contributed by atoms with Gasteiger partial charge in [0.15, 0.2) is 0 Å². The third-order valence-corrected chi connectivity index (χ3v) is 4.88. The molecule has 0 spiro atoms. The molecule has 0 heterocycles. The third-order valence-electron chi connectivity index (χ3n) is 4.88. The molecular formula is C26H23NO2. The maximum atomic E-state index is 6.45. The Balaban J connectivity index is 1.81. The normalized spacial score (nSPS) is 10.5. The maximum absolute atomic E-state index is 6.45. The molecule has 0 amide bonds. The van der Waals surface area contributed by atoms with Crippen LogP contribution in [0.5, 0.6) is 11.5 Å². The van der Waals surface area contributed by atoms with Crippen LogP contribution in [0.3, 0.4) is 0 Å². The fraction of sp³-hybridized carbons (Fsp3) is 0.0769. The zero-order chi connectivity index (χ0) is 20.1. The molecule has 0 aliphatic rings. The van der Waals surface area contributed by atoms with Gasteiger partial charge in [0.25, 0.3) is 0 Å². The van der Waals surface area contributed by atoms with Crippen molar-refractivity contribution in [3.8, 4) is 33.8 Å². The SMILES string of the molecule is COc1ccc(-c2c(N)cccc2-c2ccccc2)c(OCc2ccccc2)c1. The number of methoxy groups -OCH3 is 1. The van der Waals surface area contributed by atoms with E-state index in [9.17, 15) is 0 Å². The van der Waals surface area contributed by atoms with E-state index < -0.39 is 0 Å². The summed E-state index contributed by atoms with van der Waals surface area (Å²) in [4.78, 5) is 0. The lowest BCUT2D eigenvalue weighted by atomic mass is 9.92. The van der Waals surface area contributed by atoms with Crippen LogP contribution < -0.4 is 15.2 Å². The lowest BCUT2D eigenvalue weighted by Gasteiger charge is -2.18. The molecule has 3 heteroatoms. The standard InChI is InChI=1S/C26H23NO2/c1-28-21-15-16-23(25(17-21)29-18-19-9-4-2-5-10-19)26-22(13-8-14-24(26)27)20-11-6-3-7-12-20/h2-17H,18,27H2,1H3. The van der Waals surface area contributed by atoms with Gasteiger partial charge in [-0.2, -0.15) is 0 Å². The fourth-order valence-electron chi connectivity index (χ4n) is 3.42. The van der Waals surface area contributed by atoms with Crippen LogP contribution in [-0.2, 0) is 6.61 Å². The minimum absolute atomic E-state index is 0.467. The number of hydrogen-bond donors (Lipinski definition) is 1. The summed E-state index contributed by atoms with van der Waals surface area (Å²) in [5.41, 5.74) is 12.3. The Morgan fingerprint density at radius 3 is 2.17 bits per heavy atom. The molecular weight excluding hydrogens is 358 g/mol. The summed E-state index contributed by atoms with van der Waals surface area (Å²) in [7, 11) is 1.66. The Kier molecular flexibility index (Phi) is 5.48. The molecule has 4 aromatic carbocycles. The average molecular weight is 381 g/mol. The number of rotatable bonds is 6. The first-order chi connectivity index (χ1) is 14.3. The summed E-state index contributed by atoms with van der Waals surface area (Å²) in [6.45, 7) is 0.467. The van der Waals surface area contributed by atoms with Crippen LogP contribution in [0.2, 0.25) is 0 Å². The molecule has 0 aliphatic carbocycles. The van der Waals surface area contributed by atoms with Gasteiger partial charge in [0.2, 0.25) is 0 Å². The van der Waals surface area contributed by atoms with Gasteiger partial charge in [0.05, 0.1) is 7.11 Å². The smallest absolute Gasteiger partial charge is 0.131 e. The number of hydrogen-bond acceptors (Lipinski definition) is 3. The summed E-state index contributed by atoms with van der Waals surface area (Å²) < 4.78 is 11.7. The Morgan fingerprint density at radius 1 is 0.724 bits per heavy atom. The highest BCUT2D eigenvalue weighted by molar-refractivity contribution is 5.93. The van der Waals surface area contributed by atoms with Crippen molar-refractivity contribution in [2.75, 3.05) is 12.8 Å². The molecule has 144 valence electrons. The molecule has 0 radical (unpaired) electrons. The predicted octanol–water partition coefficient (Wildman–Crippen LogP) is 6.19. The zero-order valence-electron chi connectivity index (χ0n) is 16.3. The van der Waals surface area contributed by atoms with Crippen molar-refractivity contribution in [2.24, 2.45) is 0 Å². The molecule has 0 saturated carbocycles. The molecule has 3 nitrogen and oxygen atoms in total. The lowest BCUT2D eigenvalue weighted by Crippen LogP contribution is -2.00. The van der Waals surface area contributed by atoms with Crippen molar-refractivity contribution >= 4 is 5.69 Å². The van der Waals surface area contributed by atoms with E-state index in [1.165, 1.54) is 0 Å². The van der Waals surface area contributed by atoms with Crippen LogP contribution in [0.4, 0.5) is 5.69 Å². The van der Waals surface area contributed by atoms with Gasteiger partial charge < -0.3 is 15.2 Å². The monoisotopic (exact) mass is 381 g/mol. The Labute approximate surface area is 171 Å². The van der Waals surface area contributed by atoms with E-state index >= 15 is 0 Å². The van der Waals surface area contributed by atoms with Gasteiger partial charge in [-0.15, -0.1) is 0 Å². The average Bonchev–Trinajstić information content (AvgIpc) is 2.79. The second-order valence-electron chi connectivity index (χ2n) is 6.77.